The summed E-state index contributed by atoms with van der Waals surface area (Å²) in [6, 6.07) is 18.2. The number of amides is 1. The molecule has 0 aliphatic carbocycles. The first-order valence-electron chi connectivity index (χ1n) is 10.0. The molecule has 1 N–H and O–H groups in total. The highest BCUT2D eigenvalue weighted by atomic mass is 16.2. The van der Waals surface area contributed by atoms with Crippen molar-refractivity contribution in [3.63, 3.8) is 0 Å². The number of nitrogens with one attached hydrogen (secondary N) is 1. The molecule has 0 saturated carbocycles. The third kappa shape index (κ3) is 3.71. The van der Waals surface area contributed by atoms with Gasteiger partial charge in [-0.3, -0.25) is 4.79 Å². The number of likely N-dealkylation sites (N-methyl/N-ethyl adjacent to an activating group) is 1. The number of nitrogens with zero attached hydrogens (tertiary/aromatic N) is 3. The molecule has 3 aromatic rings. The highest BCUT2D eigenvalue weighted by Crippen LogP contribution is 2.25. The predicted molar refractivity (Wildman–Crippen MR) is 111 cm³/mol. The molecule has 4 rings (SSSR count). The van der Waals surface area contributed by atoms with Crippen LogP contribution in [0.2, 0.25) is 0 Å². The molecule has 1 aromatic heterocycles. The third-order valence-electron chi connectivity index (χ3n) is 5.55. The second-order valence-corrected chi connectivity index (χ2v) is 7.43. The number of hydrogen-bond acceptors (Lipinski definition) is 2. The molecule has 5 heteroatoms. The fourth-order valence-corrected chi connectivity index (χ4v) is 3.72. The predicted octanol–water partition coefficient (Wildman–Crippen LogP) is 2.21. The first kappa shape index (κ1) is 18.4. The number of hydrogen-bond donors (Lipinski definition) is 1. The van der Waals surface area contributed by atoms with Crippen LogP contribution in [0.25, 0.3) is 16.9 Å². The van der Waals surface area contributed by atoms with Gasteiger partial charge in [0, 0.05) is 11.8 Å². The standard InChI is InChI=1S/C23H26N4O/c1-3-25-13-15-26(16-14-25)23(28)21-17-27(20-11-9-18(2)10-12-20)24-22(21)19-7-5-4-6-8-19/h4-12,17H,3,13-16H2,1-2H3/p+1. The second kappa shape index (κ2) is 7.98. The van der Waals surface area contributed by atoms with Gasteiger partial charge in [0.25, 0.3) is 5.91 Å². The molecule has 1 aliphatic rings. The smallest absolute Gasteiger partial charge is 0.258 e. The lowest BCUT2D eigenvalue weighted by Crippen LogP contribution is -3.14. The van der Waals surface area contributed by atoms with Crippen LogP contribution >= 0.6 is 0 Å². The van der Waals surface area contributed by atoms with E-state index in [0.29, 0.717) is 5.56 Å². The summed E-state index contributed by atoms with van der Waals surface area (Å²) in [4.78, 5) is 16.9. The molecule has 0 unspecified atom stereocenters. The maximum Gasteiger partial charge on any atom is 0.258 e. The van der Waals surface area contributed by atoms with Gasteiger partial charge < -0.3 is 9.80 Å². The Labute approximate surface area is 166 Å². The van der Waals surface area contributed by atoms with Gasteiger partial charge in [-0.15, -0.1) is 0 Å². The summed E-state index contributed by atoms with van der Waals surface area (Å²) < 4.78 is 1.82. The van der Waals surface area contributed by atoms with Crippen molar-refractivity contribution in [2.75, 3.05) is 32.7 Å². The fourth-order valence-electron chi connectivity index (χ4n) is 3.72. The van der Waals surface area contributed by atoms with E-state index in [-0.39, 0.29) is 5.91 Å². The van der Waals surface area contributed by atoms with Crippen LogP contribution in [-0.2, 0) is 0 Å². The van der Waals surface area contributed by atoms with Gasteiger partial charge >= 0.3 is 0 Å². The van der Waals surface area contributed by atoms with Crippen LogP contribution in [0.5, 0.6) is 0 Å². The Balaban J connectivity index is 1.70. The number of piperazine rings is 1. The molecule has 2 heterocycles. The SMILES string of the molecule is CC[NH+]1CCN(C(=O)c2cn(-c3ccc(C)cc3)nc2-c2ccccc2)CC1. The van der Waals surface area contributed by atoms with E-state index in [1.165, 1.54) is 5.56 Å². The summed E-state index contributed by atoms with van der Waals surface area (Å²) in [6.45, 7) is 8.99. The van der Waals surface area contributed by atoms with Gasteiger partial charge in [-0.1, -0.05) is 48.0 Å². The van der Waals surface area contributed by atoms with Gasteiger partial charge in [0.1, 0.15) is 5.69 Å². The van der Waals surface area contributed by atoms with Crippen molar-refractivity contribution in [2.45, 2.75) is 13.8 Å². The van der Waals surface area contributed by atoms with Crippen molar-refractivity contribution < 1.29 is 9.69 Å². The largest absolute Gasteiger partial charge is 0.332 e. The lowest BCUT2D eigenvalue weighted by atomic mass is 10.1. The number of rotatable bonds is 4. The Hall–Kier alpha value is -2.92. The first-order chi connectivity index (χ1) is 13.7. The lowest BCUT2D eigenvalue weighted by Gasteiger charge is -2.31. The Bertz CT molecular complexity index is 938. The minimum Gasteiger partial charge on any atom is -0.332 e. The minimum absolute atomic E-state index is 0.0763. The Morgan fingerprint density at radius 1 is 1.04 bits per heavy atom. The van der Waals surface area contributed by atoms with Gasteiger partial charge in [0.05, 0.1) is 44.0 Å². The molecule has 28 heavy (non-hydrogen) atoms. The van der Waals surface area contributed by atoms with Crippen LogP contribution < -0.4 is 4.90 Å². The summed E-state index contributed by atoms with van der Waals surface area (Å²) in [5.41, 5.74) is 4.55. The maximum absolute atomic E-state index is 13.4. The highest BCUT2D eigenvalue weighted by molar-refractivity contribution is 6.00. The average molecular weight is 375 g/mol. The van der Waals surface area contributed by atoms with E-state index in [1.54, 1.807) is 4.90 Å². The van der Waals surface area contributed by atoms with Crippen LogP contribution in [0.3, 0.4) is 0 Å². The van der Waals surface area contributed by atoms with Gasteiger partial charge in [-0.2, -0.15) is 5.10 Å². The third-order valence-corrected chi connectivity index (χ3v) is 5.55. The molecule has 2 aromatic carbocycles. The molecule has 5 nitrogen and oxygen atoms in total. The molecular weight excluding hydrogens is 348 g/mol. The van der Waals surface area contributed by atoms with E-state index in [0.717, 1.165) is 49.7 Å². The number of carbonyl (C=O) groups excluding carboxylic acids is 1. The van der Waals surface area contributed by atoms with Crippen LogP contribution in [-0.4, -0.2) is 53.3 Å². The van der Waals surface area contributed by atoms with Crippen molar-refractivity contribution in [3.05, 3.63) is 71.9 Å². The van der Waals surface area contributed by atoms with Crippen molar-refractivity contribution in [1.29, 1.82) is 0 Å². The fraction of sp³-hybridized carbons (Fsp3) is 0.304. The van der Waals surface area contributed by atoms with E-state index in [1.807, 2.05) is 58.2 Å². The van der Waals surface area contributed by atoms with Gasteiger partial charge in [0.2, 0.25) is 0 Å². The number of carbonyl (C=O) groups is 1. The molecule has 1 fully saturated rings. The Morgan fingerprint density at radius 2 is 1.71 bits per heavy atom. The quantitative estimate of drug-likeness (QED) is 0.760. The monoisotopic (exact) mass is 375 g/mol. The second-order valence-electron chi connectivity index (χ2n) is 7.43. The molecular formula is C23H27N4O+. The number of quaternary nitrogens is 1. The lowest BCUT2D eigenvalue weighted by molar-refractivity contribution is -0.902. The van der Waals surface area contributed by atoms with E-state index < -0.39 is 0 Å². The van der Waals surface area contributed by atoms with E-state index >= 15 is 0 Å². The molecule has 0 spiro atoms. The minimum atomic E-state index is 0.0763. The summed E-state index contributed by atoms with van der Waals surface area (Å²) >= 11 is 0. The Kier molecular flexibility index (Phi) is 5.26. The van der Waals surface area contributed by atoms with Crippen LogP contribution in [0, 0.1) is 6.92 Å². The molecule has 144 valence electrons. The van der Waals surface area contributed by atoms with Gasteiger partial charge in [-0.25, -0.2) is 4.68 Å². The van der Waals surface area contributed by atoms with E-state index in [9.17, 15) is 4.79 Å². The summed E-state index contributed by atoms with van der Waals surface area (Å²) in [5, 5.41) is 4.79. The zero-order valence-electron chi connectivity index (χ0n) is 16.6. The van der Waals surface area contributed by atoms with Crippen LogP contribution in [0.4, 0.5) is 0 Å². The number of benzene rings is 2. The molecule has 0 bridgehead atoms. The zero-order chi connectivity index (χ0) is 19.5. The average Bonchev–Trinajstić information content (AvgIpc) is 3.20. The molecule has 1 aliphatic heterocycles. The highest BCUT2D eigenvalue weighted by Gasteiger charge is 2.27. The Morgan fingerprint density at radius 3 is 2.36 bits per heavy atom. The van der Waals surface area contributed by atoms with Crippen molar-refractivity contribution in [1.82, 2.24) is 14.7 Å². The van der Waals surface area contributed by atoms with Crippen molar-refractivity contribution >= 4 is 5.91 Å². The summed E-state index contributed by atoms with van der Waals surface area (Å²) in [5.74, 6) is 0.0763. The molecule has 0 radical (unpaired) electrons. The van der Waals surface area contributed by atoms with Crippen LogP contribution in [0.15, 0.2) is 60.8 Å². The number of aryl methyl sites for hydroxylation is 1. The molecule has 0 atom stereocenters. The zero-order valence-corrected chi connectivity index (χ0v) is 16.6. The first-order valence-corrected chi connectivity index (χ1v) is 10.0. The summed E-state index contributed by atoms with van der Waals surface area (Å²) in [6.07, 6.45) is 1.88. The van der Waals surface area contributed by atoms with Crippen molar-refractivity contribution in [3.8, 4) is 16.9 Å². The number of aromatic nitrogens is 2. The van der Waals surface area contributed by atoms with Crippen LogP contribution in [0.1, 0.15) is 22.8 Å². The maximum atomic E-state index is 13.4. The van der Waals surface area contributed by atoms with E-state index in [4.69, 9.17) is 5.10 Å². The van der Waals surface area contributed by atoms with Gasteiger partial charge in [0.15, 0.2) is 0 Å². The normalized spacial score (nSPS) is 15.0. The van der Waals surface area contributed by atoms with E-state index in [2.05, 4.69) is 26.0 Å². The van der Waals surface area contributed by atoms with Gasteiger partial charge in [-0.05, 0) is 26.0 Å². The molecule has 1 saturated heterocycles. The molecule has 1 amide bonds. The summed E-state index contributed by atoms with van der Waals surface area (Å²) in [7, 11) is 0. The van der Waals surface area contributed by atoms with Crippen molar-refractivity contribution in [2.24, 2.45) is 0 Å². The topological polar surface area (TPSA) is 42.6 Å².